The summed E-state index contributed by atoms with van der Waals surface area (Å²) in [5.74, 6) is 0.496. The first-order chi connectivity index (χ1) is 12.5. The monoisotopic (exact) mass is 408 g/mol. The van der Waals surface area contributed by atoms with Gasteiger partial charge in [-0.1, -0.05) is 51.0 Å². The Bertz CT molecular complexity index is 643. The van der Waals surface area contributed by atoms with Gasteiger partial charge in [0.2, 0.25) is 0 Å². The lowest BCUT2D eigenvalue weighted by molar-refractivity contribution is -0.114. The molecule has 0 radical (unpaired) electrons. The molecule has 5 heteroatoms. The second kappa shape index (κ2) is 11.1. The van der Waals surface area contributed by atoms with Crippen LogP contribution in [0.15, 0.2) is 41.3 Å². The number of hydrogen-bond acceptors (Lipinski definition) is 3. The van der Waals surface area contributed by atoms with Crippen LogP contribution in [0.25, 0.3) is 0 Å². The van der Waals surface area contributed by atoms with Gasteiger partial charge in [0.25, 0.3) is 0 Å². The second-order valence-corrected chi connectivity index (χ2v) is 14.9. The van der Waals surface area contributed by atoms with Gasteiger partial charge in [-0.25, -0.2) is 0 Å². The van der Waals surface area contributed by atoms with Crippen LogP contribution in [0.1, 0.15) is 52.0 Å². The van der Waals surface area contributed by atoms with E-state index in [0.717, 1.165) is 36.3 Å². The van der Waals surface area contributed by atoms with Crippen molar-refractivity contribution in [2.24, 2.45) is 0 Å². The Kier molecular flexibility index (Phi) is 9.85. The minimum Gasteiger partial charge on any atom is -0.417 e. The Balaban J connectivity index is 2.19. The molecule has 1 rings (SSSR count). The normalized spacial score (nSPS) is 13.9. The van der Waals surface area contributed by atoms with Crippen molar-refractivity contribution in [3.8, 4) is 0 Å². The Morgan fingerprint density at radius 1 is 1.11 bits per heavy atom. The number of carbonyl (C=O) groups is 1. The first-order valence-corrected chi connectivity index (χ1v) is 14.0. The van der Waals surface area contributed by atoms with Gasteiger partial charge in [-0.3, -0.25) is 9.00 Å². The molecular weight excluding hydrogens is 372 g/mol. The maximum atomic E-state index is 12.2. The van der Waals surface area contributed by atoms with Gasteiger partial charge in [0.05, 0.1) is 10.8 Å². The molecule has 0 saturated heterocycles. The van der Waals surface area contributed by atoms with E-state index in [1.165, 1.54) is 0 Å². The maximum absolute atomic E-state index is 12.2. The zero-order chi connectivity index (χ0) is 20.5. The van der Waals surface area contributed by atoms with Crippen LogP contribution < -0.4 is 0 Å². The van der Waals surface area contributed by atoms with Crippen molar-refractivity contribution in [3.63, 3.8) is 0 Å². The summed E-state index contributed by atoms with van der Waals surface area (Å²) in [5, 5.41) is 0.242. The lowest BCUT2D eigenvalue weighted by Crippen LogP contribution is -2.40. The molecule has 0 aliphatic carbocycles. The minimum absolute atomic E-state index is 0.112. The first kappa shape index (κ1) is 24.0. The zero-order valence-corrected chi connectivity index (χ0v) is 19.7. The molecule has 0 aliphatic heterocycles. The van der Waals surface area contributed by atoms with Crippen LogP contribution in [0.3, 0.4) is 0 Å². The molecule has 1 atom stereocenters. The van der Waals surface area contributed by atoms with Crippen LogP contribution in [-0.4, -0.2) is 30.7 Å². The summed E-state index contributed by atoms with van der Waals surface area (Å²) in [6, 6.07) is 7.67. The molecule has 152 valence electrons. The van der Waals surface area contributed by atoms with Crippen molar-refractivity contribution in [1.82, 2.24) is 0 Å². The summed E-state index contributed by atoms with van der Waals surface area (Å²) in [4.78, 5) is 12.7. The van der Waals surface area contributed by atoms with Gasteiger partial charge in [0.15, 0.2) is 14.1 Å². The summed E-state index contributed by atoms with van der Waals surface area (Å²) in [7, 11) is -2.74. The fraction of sp³-hybridized carbons (Fsp3) is 0.591. The van der Waals surface area contributed by atoms with Crippen molar-refractivity contribution >= 4 is 24.9 Å². The standard InChI is InChI=1S/C22H36O3SSi/c1-19-13-15-21(16-14-19)26(24)18-10-12-20(23)11-8-7-9-17-25-27(5,6)22(2,3)4/h10,12-16H,7-9,11,17-18H2,1-6H3/b12-10+. The van der Waals surface area contributed by atoms with Gasteiger partial charge in [-0.2, -0.15) is 0 Å². The number of carbonyl (C=O) groups excluding carboxylic acids is 1. The third-order valence-electron chi connectivity index (χ3n) is 5.17. The lowest BCUT2D eigenvalue weighted by Gasteiger charge is -2.36. The highest BCUT2D eigenvalue weighted by Gasteiger charge is 2.36. The smallest absolute Gasteiger partial charge is 0.191 e. The largest absolute Gasteiger partial charge is 0.417 e. The fourth-order valence-electron chi connectivity index (χ4n) is 2.26. The maximum Gasteiger partial charge on any atom is 0.191 e. The molecule has 0 amide bonds. The third kappa shape index (κ3) is 9.13. The number of ketones is 1. The summed E-state index contributed by atoms with van der Waals surface area (Å²) in [6.07, 6.45) is 6.75. The molecule has 27 heavy (non-hydrogen) atoms. The van der Waals surface area contributed by atoms with Crippen LogP contribution in [0, 0.1) is 6.92 Å². The number of aryl methyl sites for hydroxylation is 1. The predicted molar refractivity (Wildman–Crippen MR) is 118 cm³/mol. The highest BCUT2D eigenvalue weighted by atomic mass is 32.2. The highest BCUT2D eigenvalue weighted by Crippen LogP contribution is 2.36. The summed E-state index contributed by atoms with van der Waals surface area (Å²) in [5.41, 5.74) is 1.15. The van der Waals surface area contributed by atoms with E-state index in [0.29, 0.717) is 12.2 Å². The molecule has 3 nitrogen and oxygen atoms in total. The van der Waals surface area contributed by atoms with E-state index in [1.54, 1.807) is 12.2 Å². The van der Waals surface area contributed by atoms with E-state index >= 15 is 0 Å². The second-order valence-electron chi connectivity index (χ2n) is 8.61. The first-order valence-electron chi connectivity index (χ1n) is 9.81. The van der Waals surface area contributed by atoms with Gasteiger partial charge < -0.3 is 4.43 Å². The van der Waals surface area contributed by atoms with Crippen molar-refractivity contribution < 1.29 is 13.4 Å². The van der Waals surface area contributed by atoms with Crippen molar-refractivity contribution in [1.29, 1.82) is 0 Å². The number of unbranched alkanes of at least 4 members (excludes halogenated alkanes) is 2. The summed E-state index contributed by atoms with van der Waals surface area (Å²) in [6.45, 7) is 14.1. The average molecular weight is 409 g/mol. The number of rotatable bonds is 11. The molecule has 0 heterocycles. The van der Waals surface area contributed by atoms with Crippen LogP contribution in [0.2, 0.25) is 18.1 Å². The van der Waals surface area contributed by atoms with Crippen LogP contribution >= 0.6 is 0 Å². The molecule has 1 aromatic carbocycles. The number of allylic oxidation sites excluding steroid dienone is 1. The molecule has 0 aromatic heterocycles. The molecule has 0 N–H and O–H groups in total. The van der Waals surface area contributed by atoms with E-state index in [4.69, 9.17) is 4.43 Å². The highest BCUT2D eigenvalue weighted by molar-refractivity contribution is 7.85. The molecule has 1 aromatic rings. The Labute approximate surface area is 169 Å². The van der Waals surface area contributed by atoms with E-state index < -0.39 is 19.1 Å². The van der Waals surface area contributed by atoms with E-state index in [1.807, 2.05) is 31.2 Å². The zero-order valence-electron chi connectivity index (χ0n) is 17.8. The summed E-state index contributed by atoms with van der Waals surface area (Å²) < 4.78 is 18.3. The van der Waals surface area contributed by atoms with Gasteiger partial charge in [-0.15, -0.1) is 0 Å². The summed E-state index contributed by atoms with van der Waals surface area (Å²) >= 11 is 0. The molecule has 0 saturated carbocycles. The van der Waals surface area contributed by atoms with Gasteiger partial charge >= 0.3 is 0 Å². The number of hydrogen-bond donors (Lipinski definition) is 0. The van der Waals surface area contributed by atoms with Crippen LogP contribution in [0.4, 0.5) is 0 Å². The Morgan fingerprint density at radius 3 is 2.33 bits per heavy atom. The number of benzene rings is 1. The third-order valence-corrected chi connectivity index (χ3v) is 11.0. The van der Waals surface area contributed by atoms with E-state index in [9.17, 15) is 9.00 Å². The molecular formula is C22H36O3SSi. The van der Waals surface area contributed by atoms with Gasteiger partial charge in [-0.05, 0) is 56.1 Å². The molecule has 0 aliphatic rings. The van der Waals surface area contributed by atoms with E-state index in [2.05, 4.69) is 33.9 Å². The SMILES string of the molecule is Cc1ccc(S(=O)C/C=C/C(=O)CCCCCO[Si](C)(C)C(C)(C)C)cc1. The fourth-order valence-corrected chi connectivity index (χ4v) is 4.25. The molecule has 1 unspecified atom stereocenters. The van der Waals surface area contributed by atoms with Crippen molar-refractivity contribution in [3.05, 3.63) is 42.0 Å². The molecule has 0 spiro atoms. The van der Waals surface area contributed by atoms with Gasteiger partial charge in [0.1, 0.15) is 0 Å². The molecule has 0 bridgehead atoms. The topological polar surface area (TPSA) is 43.4 Å². The Morgan fingerprint density at radius 2 is 1.74 bits per heavy atom. The van der Waals surface area contributed by atoms with E-state index in [-0.39, 0.29) is 10.8 Å². The van der Waals surface area contributed by atoms with Crippen LogP contribution in [-0.2, 0) is 20.0 Å². The van der Waals surface area contributed by atoms with Crippen molar-refractivity contribution in [2.75, 3.05) is 12.4 Å². The Hall–Kier alpha value is -1.04. The molecule has 0 fully saturated rings. The predicted octanol–water partition coefficient (Wildman–Crippen LogP) is 5.81. The quantitative estimate of drug-likeness (QED) is 0.264. The van der Waals surface area contributed by atoms with Gasteiger partial charge in [0, 0.05) is 23.7 Å². The minimum atomic E-state index is -1.65. The lowest BCUT2D eigenvalue weighted by atomic mass is 10.1. The average Bonchev–Trinajstić information content (AvgIpc) is 2.57. The van der Waals surface area contributed by atoms with Crippen LogP contribution in [0.5, 0.6) is 0 Å². The van der Waals surface area contributed by atoms with Crippen molar-refractivity contribution in [2.45, 2.75) is 76.4 Å².